The van der Waals surface area contributed by atoms with Crippen LogP contribution in [-0.2, 0) is 20.9 Å². The smallest absolute Gasteiger partial charge is 0.244 e. The van der Waals surface area contributed by atoms with Crippen molar-refractivity contribution >= 4 is 29.5 Å². The van der Waals surface area contributed by atoms with E-state index in [1.165, 1.54) is 0 Å². The van der Waals surface area contributed by atoms with Gasteiger partial charge in [-0.15, -0.1) is 11.8 Å². The Morgan fingerprint density at radius 2 is 1.88 bits per heavy atom. The normalized spacial score (nSPS) is 29.9. The highest BCUT2D eigenvalue weighted by Crippen LogP contribution is 2.66. The van der Waals surface area contributed by atoms with E-state index < -0.39 is 28.2 Å². The van der Waals surface area contributed by atoms with Gasteiger partial charge in [0.05, 0.1) is 16.6 Å². The molecule has 1 spiro atoms. The number of carbonyl (C=O) groups excluding carboxylic acids is 3. The molecule has 3 N–H and O–H groups in total. The molecule has 7 nitrogen and oxygen atoms in total. The molecule has 0 saturated carbocycles. The minimum atomic E-state index is -0.569. The number of hydrogen-bond donors (Lipinski definition) is 3. The maximum absolute atomic E-state index is 13.8. The van der Waals surface area contributed by atoms with Crippen molar-refractivity contribution in [1.82, 2.24) is 15.5 Å². The number of hydrogen-bond acceptors (Lipinski definition) is 5. The average Bonchev–Trinajstić information content (AvgIpc) is 3.42. The average molecular weight is 488 g/mol. The van der Waals surface area contributed by atoms with Crippen LogP contribution in [0.3, 0.4) is 0 Å². The van der Waals surface area contributed by atoms with Crippen molar-refractivity contribution in [3.05, 3.63) is 35.9 Å². The standard InChI is InChI=1S/C26H37N3O4S/c1-25(2,3)28-23(32)21-26-13-12-18(34-26)19(22(31)27-16-17-10-6-4-7-11-17)20(26)24(33)29(21)14-8-5-9-15-30/h4,6-7,10-11,18-21,30H,5,8-9,12-16H2,1-3H3,(H,27,31)(H,28,32)/t18-,19+,20+,21?,26?/m1/s1. The van der Waals surface area contributed by atoms with Crippen LogP contribution in [0.25, 0.3) is 0 Å². The number of amides is 3. The third-order valence-electron chi connectivity index (χ3n) is 7.22. The molecule has 4 rings (SSSR count). The van der Waals surface area contributed by atoms with E-state index in [0.717, 1.165) is 31.2 Å². The summed E-state index contributed by atoms with van der Waals surface area (Å²) >= 11 is 1.70. The SMILES string of the molecule is CC(C)(C)NC(=O)C1N(CCCCCO)C(=O)[C@@H]2[C@@H](C(=O)NCc3ccccc3)[C@H]3CCC12S3. The molecule has 1 aromatic carbocycles. The molecular formula is C26H37N3O4S. The highest BCUT2D eigenvalue weighted by Gasteiger charge is 2.73. The van der Waals surface area contributed by atoms with Crippen LogP contribution in [0, 0.1) is 11.8 Å². The molecule has 0 aromatic heterocycles. The molecule has 3 saturated heterocycles. The Bertz CT molecular complexity index is 918. The fraction of sp³-hybridized carbons (Fsp3) is 0.654. The number of thioether (sulfide) groups is 1. The molecule has 5 atom stereocenters. The number of nitrogens with one attached hydrogen (secondary N) is 2. The lowest BCUT2D eigenvalue weighted by Crippen LogP contribution is -2.57. The number of rotatable bonds is 9. The van der Waals surface area contributed by atoms with Gasteiger partial charge in [0.1, 0.15) is 6.04 Å². The minimum absolute atomic E-state index is 0.0613. The fourth-order valence-corrected chi connectivity index (χ4v) is 8.13. The molecule has 1 aromatic rings. The summed E-state index contributed by atoms with van der Waals surface area (Å²) in [6.07, 6.45) is 3.82. The largest absolute Gasteiger partial charge is 0.396 e. The van der Waals surface area contributed by atoms with Gasteiger partial charge in [0.25, 0.3) is 0 Å². The van der Waals surface area contributed by atoms with E-state index in [0.29, 0.717) is 19.5 Å². The summed E-state index contributed by atoms with van der Waals surface area (Å²) in [6.45, 7) is 6.86. The van der Waals surface area contributed by atoms with Gasteiger partial charge in [0.2, 0.25) is 17.7 Å². The summed E-state index contributed by atoms with van der Waals surface area (Å²) in [6, 6.07) is 9.20. The van der Waals surface area contributed by atoms with Crippen LogP contribution < -0.4 is 10.6 Å². The second-order valence-corrected chi connectivity index (χ2v) is 12.4. The zero-order chi connectivity index (χ0) is 24.5. The number of benzene rings is 1. The molecule has 186 valence electrons. The molecule has 3 fully saturated rings. The van der Waals surface area contributed by atoms with Crippen molar-refractivity contribution in [3.63, 3.8) is 0 Å². The van der Waals surface area contributed by atoms with Gasteiger partial charge in [-0.05, 0) is 58.4 Å². The number of likely N-dealkylation sites (tertiary alicyclic amines) is 1. The maximum atomic E-state index is 13.8. The van der Waals surface area contributed by atoms with Gasteiger partial charge in [-0.3, -0.25) is 14.4 Å². The molecule has 3 aliphatic rings. The molecule has 34 heavy (non-hydrogen) atoms. The van der Waals surface area contributed by atoms with Crippen LogP contribution >= 0.6 is 11.8 Å². The van der Waals surface area contributed by atoms with Gasteiger partial charge >= 0.3 is 0 Å². The lowest BCUT2D eigenvalue weighted by atomic mass is 9.70. The number of aliphatic hydroxyl groups is 1. The van der Waals surface area contributed by atoms with Crippen molar-refractivity contribution in [2.75, 3.05) is 13.2 Å². The van der Waals surface area contributed by atoms with Crippen LogP contribution in [0.2, 0.25) is 0 Å². The van der Waals surface area contributed by atoms with Gasteiger partial charge in [-0.1, -0.05) is 30.3 Å². The number of unbranched alkanes of at least 4 members (excludes halogenated alkanes) is 2. The van der Waals surface area contributed by atoms with Crippen LogP contribution in [-0.4, -0.2) is 62.5 Å². The van der Waals surface area contributed by atoms with E-state index in [-0.39, 0.29) is 29.6 Å². The molecule has 0 radical (unpaired) electrons. The van der Waals surface area contributed by atoms with Crippen LogP contribution in [0.1, 0.15) is 58.4 Å². The lowest BCUT2D eigenvalue weighted by Gasteiger charge is -2.36. The van der Waals surface area contributed by atoms with Gasteiger partial charge < -0.3 is 20.6 Å². The monoisotopic (exact) mass is 487 g/mol. The summed E-state index contributed by atoms with van der Waals surface area (Å²) in [5, 5.41) is 15.4. The van der Waals surface area contributed by atoms with Crippen LogP contribution in [0.5, 0.6) is 0 Å². The van der Waals surface area contributed by atoms with E-state index in [9.17, 15) is 14.4 Å². The maximum Gasteiger partial charge on any atom is 0.244 e. The van der Waals surface area contributed by atoms with Gasteiger partial charge in [-0.25, -0.2) is 0 Å². The van der Waals surface area contributed by atoms with Gasteiger partial charge in [0.15, 0.2) is 0 Å². The van der Waals surface area contributed by atoms with E-state index in [1.54, 1.807) is 16.7 Å². The van der Waals surface area contributed by atoms with Crippen LogP contribution in [0.4, 0.5) is 0 Å². The second kappa shape index (κ2) is 9.90. The van der Waals surface area contributed by atoms with E-state index >= 15 is 0 Å². The fourth-order valence-electron chi connectivity index (χ4n) is 5.91. The first kappa shape index (κ1) is 25.0. The highest BCUT2D eigenvalue weighted by molar-refractivity contribution is 8.02. The topological polar surface area (TPSA) is 98.7 Å². The Morgan fingerprint density at radius 1 is 1.15 bits per heavy atom. The van der Waals surface area contributed by atoms with Crippen molar-refractivity contribution in [2.24, 2.45) is 11.8 Å². The van der Waals surface area contributed by atoms with Gasteiger partial charge in [0, 0.05) is 30.5 Å². The zero-order valence-electron chi connectivity index (χ0n) is 20.4. The Kier molecular flexibility index (Phi) is 7.29. The van der Waals surface area contributed by atoms with Crippen molar-refractivity contribution < 1.29 is 19.5 Å². The highest BCUT2D eigenvalue weighted by atomic mass is 32.2. The first-order valence-electron chi connectivity index (χ1n) is 12.4. The summed E-state index contributed by atoms with van der Waals surface area (Å²) in [4.78, 5) is 42.5. The zero-order valence-corrected chi connectivity index (χ0v) is 21.2. The Hall–Kier alpha value is -2.06. The molecule has 3 aliphatic heterocycles. The number of carbonyl (C=O) groups is 3. The van der Waals surface area contributed by atoms with E-state index in [4.69, 9.17) is 5.11 Å². The first-order chi connectivity index (χ1) is 16.2. The molecule has 3 heterocycles. The minimum Gasteiger partial charge on any atom is -0.396 e. The molecule has 2 unspecified atom stereocenters. The molecule has 3 amide bonds. The predicted octanol–water partition coefficient (Wildman–Crippen LogP) is 2.47. The summed E-state index contributed by atoms with van der Waals surface area (Å²) in [5.41, 5.74) is 0.609. The van der Waals surface area contributed by atoms with Crippen LogP contribution in [0.15, 0.2) is 30.3 Å². The quantitative estimate of drug-likeness (QED) is 0.465. The Labute approximate surface area is 206 Å². The van der Waals surface area contributed by atoms with Gasteiger partial charge in [-0.2, -0.15) is 0 Å². The lowest BCUT2D eigenvalue weighted by molar-refractivity contribution is -0.140. The Morgan fingerprint density at radius 3 is 2.56 bits per heavy atom. The van der Waals surface area contributed by atoms with E-state index in [1.807, 2.05) is 51.1 Å². The van der Waals surface area contributed by atoms with Crippen molar-refractivity contribution in [3.8, 4) is 0 Å². The predicted molar refractivity (Wildman–Crippen MR) is 133 cm³/mol. The molecule has 0 aliphatic carbocycles. The molecular weight excluding hydrogens is 450 g/mol. The first-order valence-corrected chi connectivity index (χ1v) is 13.3. The third kappa shape index (κ3) is 4.71. The Balaban J connectivity index is 1.57. The second-order valence-electron chi connectivity index (χ2n) is 10.8. The summed E-state index contributed by atoms with van der Waals surface area (Å²) in [5.74, 6) is -1.15. The van der Waals surface area contributed by atoms with Crippen molar-refractivity contribution in [2.45, 2.75) is 81.0 Å². The summed E-state index contributed by atoms with van der Waals surface area (Å²) < 4.78 is -0.553. The van der Waals surface area contributed by atoms with Crippen molar-refractivity contribution in [1.29, 1.82) is 0 Å². The van der Waals surface area contributed by atoms with E-state index in [2.05, 4.69) is 10.6 Å². The molecule has 8 heteroatoms. The number of nitrogens with zero attached hydrogens (tertiary/aromatic N) is 1. The molecule has 2 bridgehead atoms. The number of fused-ring (bicyclic) bond motifs is 1. The third-order valence-corrected chi connectivity index (χ3v) is 9.17. The number of aliphatic hydroxyl groups excluding tert-OH is 1. The summed E-state index contributed by atoms with van der Waals surface area (Å²) in [7, 11) is 0.